The van der Waals surface area contributed by atoms with Gasteiger partial charge in [0.1, 0.15) is 55.0 Å². The van der Waals surface area contributed by atoms with Crippen molar-refractivity contribution in [2.75, 3.05) is 79.3 Å². The maximum atomic E-state index is 11.5. The van der Waals surface area contributed by atoms with Gasteiger partial charge in [-0.25, -0.2) is 4.79 Å². The molecular weight excluding hydrogens is 460 g/mol. The van der Waals surface area contributed by atoms with Crippen LogP contribution in [0.4, 0.5) is 0 Å². The Morgan fingerprint density at radius 2 is 0.971 bits per heavy atom. The molecule has 0 aliphatic carbocycles. The van der Waals surface area contributed by atoms with Gasteiger partial charge in [-0.2, -0.15) is 0 Å². The highest BCUT2D eigenvalue weighted by Crippen LogP contribution is 2.25. The molecule has 1 heterocycles. The zero-order chi connectivity index (χ0) is 24.6. The van der Waals surface area contributed by atoms with Crippen molar-refractivity contribution in [1.29, 1.82) is 0 Å². The molecule has 35 heavy (non-hydrogen) atoms. The minimum Gasteiger partial charge on any atom is -0.491 e. The lowest BCUT2D eigenvalue weighted by Gasteiger charge is -2.13. The molecule has 2 aromatic rings. The minimum atomic E-state index is -1.08. The van der Waals surface area contributed by atoms with Gasteiger partial charge in [0.15, 0.2) is 0 Å². The Labute approximate surface area is 204 Å². The molecule has 1 aliphatic heterocycles. The summed E-state index contributed by atoms with van der Waals surface area (Å²) in [5.74, 6) is 1.03. The lowest BCUT2D eigenvalue weighted by Crippen LogP contribution is -2.15. The van der Waals surface area contributed by atoms with Crippen molar-refractivity contribution in [2.24, 2.45) is 0 Å². The van der Waals surface area contributed by atoms with E-state index in [1.807, 2.05) is 24.3 Å². The number of fused-ring (bicyclic) bond motifs is 4. The molecule has 0 saturated carbocycles. The van der Waals surface area contributed by atoms with Crippen LogP contribution >= 0.6 is 0 Å². The summed E-state index contributed by atoms with van der Waals surface area (Å²) in [5.41, 5.74) is 0.0526. The molecule has 0 saturated heterocycles. The minimum absolute atomic E-state index is 0.0526. The number of ether oxygens (including phenoxy) is 8. The Bertz CT molecular complexity index is 888. The number of carboxylic acids is 1. The van der Waals surface area contributed by atoms with Gasteiger partial charge in [-0.05, 0) is 24.3 Å². The molecule has 1 N–H and O–H groups in total. The molecule has 2 aromatic carbocycles. The molecule has 192 valence electrons. The summed E-state index contributed by atoms with van der Waals surface area (Å²) in [6, 6.07) is 12.0. The maximum absolute atomic E-state index is 11.5. The van der Waals surface area contributed by atoms with Gasteiger partial charge in [-0.3, -0.25) is 0 Å². The number of hydrogen-bond acceptors (Lipinski definition) is 9. The summed E-state index contributed by atoms with van der Waals surface area (Å²) in [7, 11) is 0. The first-order valence-electron chi connectivity index (χ1n) is 11.5. The van der Waals surface area contributed by atoms with E-state index in [0.29, 0.717) is 83.3 Å². The summed E-state index contributed by atoms with van der Waals surface area (Å²) in [5, 5.41) is 9.39. The summed E-state index contributed by atoms with van der Waals surface area (Å²) in [4.78, 5) is 11.5. The molecule has 0 radical (unpaired) electrons. The molecule has 1 aliphatic rings. The number of hydrogen-bond donors (Lipinski definition) is 1. The van der Waals surface area contributed by atoms with Crippen LogP contribution in [0.1, 0.15) is 10.4 Å². The van der Waals surface area contributed by atoms with Crippen LogP contribution in [-0.4, -0.2) is 90.4 Å². The van der Waals surface area contributed by atoms with Crippen molar-refractivity contribution in [3.8, 4) is 23.0 Å². The summed E-state index contributed by atoms with van der Waals surface area (Å²) in [6.07, 6.45) is 0. The Hall–Kier alpha value is -3.05. The summed E-state index contributed by atoms with van der Waals surface area (Å²) in [6.45, 7) is 4.41. The predicted octanol–water partition coefficient (Wildman–Crippen LogP) is 2.68. The van der Waals surface area contributed by atoms with Crippen LogP contribution in [0, 0.1) is 0 Å². The number of benzene rings is 2. The van der Waals surface area contributed by atoms with Gasteiger partial charge in [0.05, 0.1) is 52.9 Å². The second kappa shape index (κ2) is 15.8. The highest BCUT2D eigenvalue weighted by Gasteiger charge is 2.13. The Kier molecular flexibility index (Phi) is 12.0. The average Bonchev–Trinajstić information content (AvgIpc) is 2.86. The SMILES string of the molecule is O=C(O)c1ccc2cc1OCCOCCOCCOc1cccc(c1)OCCOCCOCCO2. The molecule has 0 spiro atoms. The predicted molar refractivity (Wildman–Crippen MR) is 125 cm³/mol. The van der Waals surface area contributed by atoms with Crippen LogP contribution in [0.5, 0.6) is 23.0 Å². The molecule has 0 amide bonds. The molecule has 10 nitrogen and oxygen atoms in total. The lowest BCUT2D eigenvalue weighted by molar-refractivity contribution is 0.0259. The molecule has 10 heteroatoms. The molecule has 0 unspecified atom stereocenters. The third-order valence-corrected chi connectivity index (χ3v) is 4.71. The first kappa shape index (κ1) is 26.6. The topological polar surface area (TPSA) is 111 Å². The van der Waals surface area contributed by atoms with E-state index in [2.05, 4.69) is 0 Å². The van der Waals surface area contributed by atoms with Gasteiger partial charge in [0, 0.05) is 12.1 Å². The van der Waals surface area contributed by atoms with Crippen molar-refractivity contribution in [1.82, 2.24) is 0 Å². The third-order valence-electron chi connectivity index (χ3n) is 4.71. The third kappa shape index (κ3) is 10.4. The van der Waals surface area contributed by atoms with Gasteiger partial charge in [-0.1, -0.05) is 6.07 Å². The van der Waals surface area contributed by atoms with Crippen LogP contribution in [0.2, 0.25) is 0 Å². The second-order valence-corrected chi connectivity index (χ2v) is 7.28. The van der Waals surface area contributed by atoms with Crippen LogP contribution in [0.15, 0.2) is 42.5 Å². The smallest absolute Gasteiger partial charge is 0.339 e. The average molecular weight is 493 g/mol. The van der Waals surface area contributed by atoms with Gasteiger partial charge in [0.2, 0.25) is 0 Å². The van der Waals surface area contributed by atoms with Gasteiger partial charge in [-0.15, -0.1) is 0 Å². The first-order chi connectivity index (χ1) is 17.2. The fourth-order valence-electron chi connectivity index (χ4n) is 3.05. The highest BCUT2D eigenvalue weighted by molar-refractivity contribution is 5.91. The number of rotatable bonds is 1. The van der Waals surface area contributed by atoms with E-state index in [4.69, 9.17) is 37.9 Å². The monoisotopic (exact) mass is 492 g/mol. The Balaban J connectivity index is 1.48. The van der Waals surface area contributed by atoms with E-state index in [-0.39, 0.29) is 24.5 Å². The fourth-order valence-corrected chi connectivity index (χ4v) is 3.05. The van der Waals surface area contributed by atoms with Crippen LogP contribution in [0.25, 0.3) is 0 Å². The van der Waals surface area contributed by atoms with Crippen molar-refractivity contribution in [2.45, 2.75) is 0 Å². The van der Waals surface area contributed by atoms with E-state index in [1.54, 1.807) is 12.1 Å². The van der Waals surface area contributed by atoms with Crippen LogP contribution < -0.4 is 18.9 Å². The molecule has 0 aromatic heterocycles. The van der Waals surface area contributed by atoms with E-state index in [0.717, 1.165) is 0 Å². The maximum Gasteiger partial charge on any atom is 0.339 e. The normalized spacial score (nSPS) is 17.6. The van der Waals surface area contributed by atoms with Crippen molar-refractivity contribution < 1.29 is 47.8 Å². The summed E-state index contributed by atoms with van der Waals surface area (Å²) >= 11 is 0. The van der Waals surface area contributed by atoms with Crippen LogP contribution in [-0.2, 0) is 18.9 Å². The van der Waals surface area contributed by atoms with E-state index < -0.39 is 5.97 Å². The summed E-state index contributed by atoms with van der Waals surface area (Å²) < 4.78 is 44.7. The molecule has 3 rings (SSSR count). The zero-order valence-electron chi connectivity index (χ0n) is 19.6. The highest BCUT2D eigenvalue weighted by atomic mass is 16.6. The second-order valence-electron chi connectivity index (χ2n) is 7.28. The van der Waals surface area contributed by atoms with E-state index in [1.165, 1.54) is 6.07 Å². The quantitative estimate of drug-likeness (QED) is 0.638. The standard InChI is InChI=1S/C25H32O10/c26-25(27)23-5-4-22-19-24(23)35-17-13-31-9-8-29-11-15-33-21-3-1-2-20(18-21)32-14-10-28-6-7-30-12-16-34-22/h1-5,18-19H,6-17H2,(H,26,27). The zero-order valence-corrected chi connectivity index (χ0v) is 19.6. The largest absolute Gasteiger partial charge is 0.491 e. The van der Waals surface area contributed by atoms with Crippen molar-refractivity contribution in [3.05, 3.63) is 48.0 Å². The van der Waals surface area contributed by atoms with Gasteiger partial charge >= 0.3 is 5.97 Å². The fraction of sp³-hybridized carbons (Fsp3) is 0.480. The number of carboxylic acid groups (broad SMARTS) is 1. The van der Waals surface area contributed by atoms with Crippen molar-refractivity contribution in [3.63, 3.8) is 0 Å². The number of aromatic carboxylic acids is 1. The number of carbonyl (C=O) groups is 1. The molecule has 4 bridgehead atoms. The Morgan fingerprint density at radius 3 is 1.46 bits per heavy atom. The molecule has 0 fully saturated rings. The van der Waals surface area contributed by atoms with Gasteiger partial charge < -0.3 is 43.0 Å². The Morgan fingerprint density at radius 1 is 0.543 bits per heavy atom. The molecule has 0 atom stereocenters. The molecular formula is C25H32O10. The first-order valence-corrected chi connectivity index (χ1v) is 11.5. The lowest BCUT2D eigenvalue weighted by atomic mass is 10.2. The van der Waals surface area contributed by atoms with E-state index in [9.17, 15) is 9.90 Å². The van der Waals surface area contributed by atoms with Crippen molar-refractivity contribution >= 4 is 5.97 Å². The van der Waals surface area contributed by atoms with E-state index >= 15 is 0 Å². The van der Waals surface area contributed by atoms with Gasteiger partial charge in [0.25, 0.3) is 0 Å². The van der Waals surface area contributed by atoms with Crippen LogP contribution in [0.3, 0.4) is 0 Å².